The molecule has 2 N–H and O–H groups in total. The summed E-state index contributed by atoms with van der Waals surface area (Å²) in [5.41, 5.74) is 2.30. The van der Waals surface area contributed by atoms with E-state index in [9.17, 15) is 0 Å². The zero-order valence-electron chi connectivity index (χ0n) is 12.5. The predicted molar refractivity (Wildman–Crippen MR) is 76.7 cm³/mol. The summed E-state index contributed by atoms with van der Waals surface area (Å²) in [7, 11) is 0. The molecule has 1 aromatic rings. The summed E-state index contributed by atoms with van der Waals surface area (Å²) in [5, 5.41) is 6.69. The third-order valence-electron chi connectivity index (χ3n) is 2.56. The first-order valence-corrected chi connectivity index (χ1v) is 6.59. The molecule has 1 aromatic heterocycles. The SMILES string of the molecule is Cc1nc(NCC(C)C)ncc1CNC(C)(C)C. The molecule has 0 aliphatic carbocycles. The Bertz CT molecular complexity index is 380. The lowest BCUT2D eigenvalue weighted by molar-refractivity contribution is 0.423. The summed E-state index contributed by atoms with van der Waals surface area (Å²) in [4.78, 5) is 8.83. The second-order valence-corrected chi connectivity index (χ2v) is 6.18. The van der Waals surface area contributed by atoms with Crippen molar-refractivity contribution < 1.29 is 0 Å². The molecular weight excluding hydrogens is 224 g/mol. The predicted octanol–water partition coefficient (Wildman–Crippen LogP) is 2.74. The lowest BCUT2D eigenvalue weighted by Crippen LogP contribution is -2.35. The highest BCUT2D eigenvalue weighted by atomic mass is 15.1. The monoisotopic (exact) mass is 250 g/mol. The number of hydrogen-bond acceptors (Lipinski definition) is 4. The number of nitrogens with one attached hydrogen (secondary N) is 2. The van der Waals surface area contributed by atoms with Crippen LogP contribution in [0.15, 0.2) is 6.20 Å². The first-order valence-electron chi connectivity index (χ1n) is 6.59. The van der Waals surface area contributed by atoms with Gasteiger partial charge < -0.3 is 10.6 Å². The van der Waals surface area contributed by atoms with Crippen molar-refractivity contribution in [1.29, 1.82) is 0 Å². The third kappa shape index (κ3) is 5.45. The molecule has 0 amide bonds. The van der Waals surface area contributed by atoms with E-state index in [1.54, 1.807) is 0 Å². The van der Waals surface area contributed by atoms with Crippen LogP contribution in [0, 0.1) is 12.8 Å². The number of anilines is 1. The fourth-order valence-electron chi connectivity index (χ4n) is 1.41. The molecule has 102 valence electrons. The van der Waals surface area contributed by atoms with E-state index < -0.39 is 0 Å². The van der Waals surface area contributed by atoms with Gasteiger partial charge >= 0.3 is 0 Å². The molecule has 0 aromatic carbocycles. The van der Waals surface area contributed by atoms with E-state index in [0.29, 0.717) is 5.92 Å². The first kappa shape index (κ1) is 14.9. The van der Waals surface area contributed by atoms with Crippen LogP contribution in [-0.4, -0.2) is 22.1 Å². The molecule has 0 spiro atoms. The molecular formula is C14H26N4. The van der Waals surface area contributed by atoms with Crippen LogP contribution in [0.2, 0.25) is 0 Å². The first-order chi connectivity index (χ1) is 8.28. The number of nitrogens with zero attached hydrogens (tertiary/aromatic N) is 2. The van der Waals surface area contributed by atoms with E-state index in [4.69, 9.17) is 0 Å². The fraction of sp³-hybridized carbons (Fsp3) is 0.714. The van der Waals surface area contributed by atoms with Crippen LogP contribution in [0.3, 0.4) is 0 Å². The molecule has 1 heterocycles. The normalized spacial score (nSPS) is 11.9. The summed E-state index contributed by atoms with van der Waals surface area (Å²) >= 11 is 0. The van der Waals surface area contributed by atoms with Gasteiger partial charge in [-0.25, -0.2) is 9.97 Å². The van der Waals surface area contributed by atoms with Crippen molar-refractivity contribution in [2.24, 2.45) is 5.92 Å². The van der Waals surface area contributed by atoms with Crippen LogP contribution in [0.1, 0.15) is 45.9 Å². The van der Waals surface area contributed by atoms with Crippen molar-refractivity contribution in [3.8, 4) is 0 Å². The van der Waals surface area contributed by atoms with Crippen LogP contribution < -0.4 is 10.6 Å². The van der Waals surface area contributed by atoms with Gasteiger partial charge in [-0.15, -0.1) is 0 Å². The van der Waals surface area contributed by atoms with E-state index in [1.807, 2.05) is 13.1 Å². The standard InChI is InChI=1S/C14H26N4/c1-10(2)7-15-13-16-8-12(11(3)18-13)9-17-14(4,5)6/h8,10,17H,7,9H2,1-6H3,(H,15,16,18). The van der Waals surface area contributed by atoms with Crippen molar-refractivity contribution in [3.63, 3.8) is 0 Å². The molecule has 0 saturated carbocycles. The summed E-state index contributed by atoms with van der Waals surface area (Å²) in [6.45, 7) is 14.5. The van der Waals surface area contributed by atoms with Crippen molar-refractivity contribution in [2.75, 3.05) is 11.9 Å². The van der Waals surface area contributed by atoms with Crippen LogP contribution >= 0.6 is 0 Å². The average molecular weight is 250 g/mol. The minimum atomic E-state index is 0.112. The molecule has 0 aliphatic heterocycles. The van der Waals surface area contributed by atoms with E-state index in [0.717, 1.165) is 30.3 Å². The topological polar surface area (TPSA) is 49.8 Å². The van der Waals surface area contributed by atoms with Gasteiger partial charge in [0, 0.05) is 36.1 Å². The summed E-state index contributed by atoms with van der Waals surface area (Å²) in [6.07, 6.45) is 1.91. The molecule has 4 heteroatoms. The Morgan fingerprint density at radius 2 is 1.94 bits per heavy atom. The fourth-order valence-corrected chi connectivity index (χ4v) is 1.41. The Balaban J connectivity index is 2.62. The van der Waals surface area contributed by atoms with Crippen molar-refractivity contribution in [3.05, 3.63) is 17.5 Å². The maximum Gasteiger partial charge on any atom is 0.222 e. The Kier molecular flexibility index (Phi) is 5.08. The Labute approximate surface area is 111 Å². The summed E-state index contributed by atoms with van der Waals surface area (Å²) in [6, 6.07) is 0. The number of aromatic nitrogens is 2. The van der Waals surface area contributed by atoms with Gasteiger partial charge in [-0.3, -0.25) is 0 Å². The Morgan fingerprint density at radius 3 is 2.44 bits per heavy atom. The maximum atomic E-state index is 4.48. The molecule has 18 heavy (non-hydrogen) atoms. The van der Waals surface area contributed by atoms with Gasteiger partial charge in [0.05, 0.1) is 0 Å². The molecule has 0 unspecified atom stereocenters. The largest absolute Gasteiger partial charge is 0.354 e. The molecule has 0 bridgehead atoms. The Morgan fingerprint density at radius 1 is 1.28 bits per heavy atom. The van der Waals surface area contributed by atoms with E-state index in [-0.39, 0.29) is 5.54 Å². The zero-order valence-corrected chi connectivity index (χ0v) is 12.5. The second kappa shape index (κ2) is 6.14. The third-order valence-corrected chi connectivity index (χ3v) is 2.56. The van der Waals surface area contributed by atoms with Gasteiger partial charge in [0.1, 0.15) is 0 Å². The molecule has 0 radical (unpaired) electrons. The van der Waals surface area contributed by atoms with Crippen molar-refractivity contribution in [2.45, 2.75) is 53.6 Å². The average Bonchev–Trinajstić information content (AvgIpc) is 2.23. The number of aryl methyl sites for hydroxylation is 1. The lowest BCUT2D eigenvalue weighted by Gasteiger charge is -2.21. The van der Waals surface area contributed by atoms with E-state index in [1.165, 1.54) is 0 Å². The van der Waals surface area contributed by atoms with E-state index >= 15 is 0 Å². The van der Waals surface area contributed by atoms with Gasteiger partial charge in [0.25, 0.3) is 0 Å². The maximum absolute atomic E-state index is 4.48. The number of hydrogen-bond donors (Lipinski definition) is 2. The second-order valence-electron chi connectivity index (χ2n) is 6.18. The molecule has 0 fully saturated rings. The smallest absolute Gasteiger partial charge is 0.222 e. The molecule has 0 atom stereocenters. The van der Waals surface area contributed by atoms with Crippen LogP contribution in [0.25, 0.3) is 0 Å². The molecule has 4 nitrogen and oxygen atoms in total. The zero-order chi connectivity index (χ0) is 13.8. The quantitative estimate of drug-likeness (QED) is 0.843. The van der Waals surface area contributed by atoms with Crippen molar-refractivity contribution >= 4 is 5.95 Å². The van der Waals surface area contributed by atoms with Crippen LogP contribution in [-0.2, 0) is 6.54 Å². The minimum absolute atomic E-state index is 0.112. The summed E-state index contributed by atoms with van der Waals surface area (Å²) < 4.78 is 0. The van der Waals surface area contributed by atoms with Gasteiger partial charge in [0.2, 0.25) is 5.95 Å². The highest BCUT2D eigenvalue weighted by Gasteiger charge is 2.10. The van der Waals surface area contributed by atoms with Gasteiger partial charge in [-0.1, -0.05) is 13.8 Å². The minimum Gasteiger partial charge on any atom is -0.354 e. The van der Waals surface area contributed by atoms with Gasteiger partial charge in [-0.2, -0.15) is 0 Å². The van der Waals surface area contributed by atoms with Crippen molar-refractivity contribution in [1.82, 2.24) is 15.3 Å². The molecule has 0 saturated heterocycles. The lowest BCUT2D eigenvalue weighted by atomic mass is 10.1. The van der Waals surface area contributed by atoms with Gasteiger partial charge in [-0.05, 0) is 33.6 Å². The molecule has 0 aliphatic rings. The van der Waals surface area contributed by atoms with E-state index in [2.05, 4.69) is 55.2 Å². The highest BCUT2D eigenvalue weighted by molar-refractivity contribution is 5.29. The number of rotatable bonds is 5. The summed E-state index contributed by atoms with van der Waals surface area (Å²) in [5.74, 6) is 1.32. The van der Waals surface area contributed by atoms with Crippen LogP contribution in [0.5, 0.6) is 0 Å². The molecule has 1 rings (SSSR count). The van der Waals surface area contributed by atoms with Gasteiger partial charge in [0.15, 0.2) is 0 Å². The van der Waals surface area contributed by atoms with Crippen LogP contribution in [0.4, 0.5) is 5.95 Å². The highest BCUT2D eigenvalue weighted by Crippen LogP contribution is 2.09. The Hall–Kier alpha value is -1.16.